The molecule has 4 nitrogen and oxygen atoms in total. The zero-order chi connectivity index (χ0) is 13.8. The number of furan rings is 1. The quantitative estimate of drug-likeness (QED) is 0.922. The van der Waals surface area contributed by atoms with Crippen LogP contribution in [0.2, 0.25) is 0 Å². The maximum Gasteiger partial charge on any atom is 0.291 e. The van der Waals surface area contributed by atoms with Crippen LogP contribution in [0.4, 0.5) is 5.69 Å². The summed E-state index contributed by atoms with van der Waals surface area (Å²) in [5.74, 6) is 0.669. The van der Waals surface area contributed by atoms with Gasteiger partial charge in [0.25, 0.3) is 5.91 Å². The summed E-state index contributed by atoms with van der Waals surface area (Å²) >= 11 is 3.16. The molecule has 0 fully saturated rings. The Labute approximate surface area is 119 Å². The summed E-state index contributed by atoms with van der Waals surface area (Å²) in [6, 6.07) is 10.5. The minimum Gasteiger partial charge on any atom is -0.491 e. The zero-order valence-corrected chi connectivity index (χ0v) is 12.2. The lowest BCUT2D eigenvalue weighted by Crippen LogP contribution is -2.11. The minimum atomic E-state index is -0.299. The van der Waals surface area contributed by atoms with Crippen molar-refractivity contribution in [3.63, 3.8) is 0 Å². The van der Waals surface area contributed by atoms with Gasteiger partial charge in [-0.2, -0.15) is 0 Å². The summed E-state index contributed by atoms with van der Waals surface area (Å²) in [5.41, 5.74) is 0.663. The number of ether oxygens (including phenoxy) is 1. The standard InChI is InChI=1S/C14H14BrNO3/c1-9(2)18-11-5-3-4-10(8-11)16-14(17)12-6-7-13(15)19-12/h3-9H,1-2H3,(H,16,17). The van der Waals surface area contributed by atoms with Crippen LogP contribution in [-0.2, 0) is 0 Å². The number of hydrogen-bond acceptors (Lipinski definition) is 3. The van der Waals surface area contributed by atoms with Crippen LogP contribution in [0.1, 0.15) is 24.4 Å². The molecule has 0 aliphatic rings. The number of amides is 1. The number of anilines is 1. The van der Waals surface area contributed by atoms with Crippen molar-refractivity contribution in [1.29, 1.82) is 0 Å². The third-order valence-corrected chi connectivity index (χ3v) is 2.69. The fourth-order valence-corrected chi connectivity index (χ4v) is 1.85. The van der Waals surface area contributed by atoms with Crippen LogP contribution in [-0.4, -0.2) is 12.0 Å². The predicted octanol–water partition coefficient (Wildman–Crippen LogP) is 4.08. The molecule has 0 radical (unpaired) electrons. The first-order valence-electron chi connectivity index (χ1n) is 5.88. The maximum absolute atomic E-state index is 11.9. The van der Waals surface area contributed by atoms with Crippen molar-refractivity contribution in [2.45, 2.75) is 20.0 Å². The largest absolute Gasteiger partial charge is 0.491 e. The molecule has 1 heterocycles. The molecule has 1 aromatic carbocycles. The van der Waals surface area contributed by atoms with Crippen LogP contribution >= 0.6 is 15.9 Å². The first kappa shape index (κ1) is 13.7. The van der Waals surface area contributed by atoms with Crippen LogP contribution in [0.5, 0.6) is 5.75 Å². The summed E-state index contributed by atoms with van der Waals surface area (Å²) < 4.78 is 11.3. The minimum absolute atomic E-state index is 0.0898. The van der Waals surface area contributed by atoms with Crippen molar-refractivity contribution < 1.29 is 13.9 Å². The summed E-state index contributed by atoms with van der Waals surface area (Å²) in [7, 11) is 0. The van der Waals surface area contributed by atoms with Crippen LogP contribution in [0.15, 0.2) is 45.5 Å². The van der Waals surface area contributed by atoms with Gasteiger partial charge in [-0.25, -0.2) is 0 Å². The first-order chi connectivity index (χ1) is 9.04. The average Bonchev–Trinajstić information content (AvgIpc) is 2.75. The van der Waals surface area contributed by atoms with E-state index in [1.807, 2.05) is 26.0 Å². The number of rotatable bonds is 4. The highest BCUT2D eigenvalue weighted by atomic mass is 79.9. The highest BCUT2D eigenvalue weighted by Crippen LogP contribution is 2.20. The van der Waals surface area contributed by atoms with E-state index >= 15 is 0 Å². The molecule has 19 heavy (non-hydrogen) atoms. The highest BCUT2D eigenvalue weighted by Gasteiger charge is 2.11. The van der Waals surface area contributed by atoms with Gasteiger partial charge in [0.1, 0.15) is 5.75 Å². The fraction of sp³-hybridized carbons (Fsp3) is 0.214. The van der Waals surface area contributed by atoms with Crippen molar-refractivity contribution in [2.24, 2.45) is 0 Å². The van der Waals surface area contributed by atoms with E-state index in [4.69, 9.17) is 9.15 Å². The van der Waals surface area contributed by atoms with Crippen molar-refractivity contribution in [1.82, 2.24) is 0 Å². The Morgan fingerprint density at radius 3 is 2.74 bits per heavy atom. The second kappa shape index (κ2) is 5.93. The van der Waals surface area contributed by atoms with Gasteiger partial charge in [-0.05, 0) is 54.0 Å². The Bertz CT molecular complexity index is 578. The van der Waals surface area contributed by atoms with Gasteiger partial charge >= 0.3 is 0 Å². The number of carbonyl (C=O) groups is 1. The lowest BCUT2D eigenvalue weighted by Gasteiger charge is -2.11. The Hall–Kier alpha value is -1.75. The molecule has 0 unspecified atom stereocenters. The van der Waals surface area contributed by atoms with Crippen molar-refractivity contribution in [3.8, 4) is 5.75 Å². The molecule has 1 amide bonds. The van der Waals surface area contributed by atoms with Gasteiger partial charge in [0.15, 0.2) is 10.4 Å². The van der Waals surface area contributed by atoms with Crippen LogP contribution in [0.3, 0.4) is 0 Å². The second-order valence-corrected chi connectivity index (χ2v) is 5.03. The molecule has 0 saturated carbocycles. The van der Waals surface area contributed by atoms with Gasteiger partial charge in [-0.1, -0.05) is 6.07 Å². The summed E-state index contributed by atoms with van der Waals surface area (Å²) in [6.45, 7) is 3.90. The normalized spacial score (nSPS) is 10.5. The third-order valence-electron chi connectivity index (χ3n) is 2.26. The van der Waals surface area contributed by atoms with E-state index in [0.29, 0.717) is 16.1 Å². The van der Waals surface area contributed by atoms with Crippen LogP contribution < -0.4 is 10.1 Å². The molecule has 100 valence electrons. The van der Waals surface area contributed by atoms with E-state index in [-0.39, 0.29) is 17.8 Å². The lowest BCUT2D eigenvalue weighted by molar-refractivity contribution is 0.0995. The SMILES string of the molecule is CC(C)Oc1cccc(NC(=O)c2ccc(Br)o2)c1. The molecule has 0 atom stereocenters. The Morgan fingerprint density at radius 1 is 1.32 bits per heavy atom. The summed E-state index contributed by atoms with van der Waals surface area (Å²) in [6.07, 6.45) is 0.0898. The van der Waals surface area contributed by atoms with Crippen LogP contribution in [0, 0.1) is 0 Å². The van der Waals surface area contributed by atoms with E-state index < -0.39 is 0 Å². The average molecular weight is 324 g/mol. The van der Waals surface area contributed by atoms with Gasteiger partial charge < -0.3 is 14.5 Å². The van der Waals surface area contributed by atoms with E-state index in [1.165, 1.54) is 0 Å². The third kappa shape index (κ3) is 3.86. The molecule has 1 aromatic heterocycles. The molecule has 0 aliphatic carbocycles. The molecule has 0 bridgehead atoms. The lowest BCUT2D eigenvalue weighted by atomic mass is 10.3. The second-order valence-electron chi connectivity index (χ2n) is 4.25. The molecule has 0 saturated heterocycles. The van der Waals surface area contributed by atoms with E-state index in [0.717, 1.165) is 0 Å². The van der Waals surface area contributed by atoms with Gasteiger partial charge in [-0.3, -0.25) is 4.79 Å². The number of carbonyl (C=O) groups excluding carboxylic acids is 1. The molecule has 2 rings (SSSR count). The van der Waals surface area contributed by atoms with Gasteiger partial charge in [0.2, 0.25) is 0 Å². The zero-order valence-electron chi connectivity index (χ0n) is 10.6. The molecule has 5 heteroatoms. The van der Waals surface area contributed by atoms with Crippen molar-refractivity contribution in [3.05, 3.63) is 46.8 Å². The van der Waals surface area contributed by atoms with E-state index in [9.17, 15) is 4.79 Å². The number of halogens is 1. The molecule has 2 aromatic rings. The predicted molar refractivity (Wildman–Crippen MR) is 76.6 cm³/mol. The highest BCUT2D eigenvalue weighted by molar-refractivity contribution is 9.10. The molecule has 0 aliphatic heterocycles. The van der Waals surface area contributed by atoms with Gasteiger partial charge in [-0.15, -0.1) is 0 Å². The monoisotopic (exact) mass is 323 g/mol. The maximum atomic E-state index is 11.9. The summed E-state index contributed by atoms with van der Waals surface area (Å²) in [4.78, 5) is 11.9. The smallest absolute Gasteiger partial charge is 0.291 e. The summed E-state index contributed by atoms with van der Waals surface area (Å²) in [5, 5.41) is 2.75. The number of hydrogen-bond donors (Lipinski definition) is 1. The number of nitrogens with one attached hydrogen (secondary N) is 1. The van der Waals surface area contributed by atoms with E-state index in [1.54, 1.807) is 24.3 Å². The first-order valence-corrected chi connectivity index (χ1v) is 6.67. The van der Waals surface area contributed by atoms with E-state index in [2.05, 4.69) is 21.2 Å². The van der Waals surface area contributed by atoms with Crippen molar-refractivity contribution >= 4 is 27.5 Å². The molecule has 1 N–H and O–H groups in total. The topological polar surface area (TPSA) is 51.5 Å². The Morgan fingerprint density at radius 2 is 2.11 bits per heavy atom. The Kier molecular flexibility index (Phi) is 4.27. The van der Waals surface area contributed by atoms with Crippen LogP contribution in [0.25, 0.3) is 0 Å². The Balaban J connectivity index is 2.08. The molecular weight excluding hydrogens is 310 g/mol. The van der Waals surface area contributed by atoms with Gasteiger partial charge in [0, 0.05) is 11.8 Å². The van der Waals surface area contributed by atoms with Crippen molar-refractivity contribution in [2.75, 3.05) is 5.32 Å². The number of benzene rings is 1. The molecular formula is C14H14BrNO3. The fourth-order valence-electron chi connectivity index (χ4n) is 1.55. The molecule has 0 spiro atoms. The van der Waals surface area contributed by atoms with Gasteiger partial charge in [0.05, 0.1) is 6.10 Å².